The van der Waals surface area contributed by atoms with Gasteiger partial charge in [-0.3, -0.25) is 0 Å². The van der Waals surface area contributed by atoms with Crippen LogP contribution in [-0.2, 0) is 0 Å². The number of hydrogen-bond donors (Lipinski definition) is 3. The quantitative estimate of drug-likeness (QED) is 0.475. The summed E-state index contributed by atoms with van der Waals surface area (Å²) in [5.41, 5.74) is 1.32. The molecule has 134 valence electrons. The molecular formula is C21H29N3O. The molecule has 0 aromatic heterocycles. The van der Waals surface area contributed by atoms with Gasteiger partial charge >= 0.3 is 6.03 Å². The average molecular weight is 339 g/mol. The topological polar surface area (TPSA) is 53.2 Å². The molecule has 0 saturated heterocycles. The molecule has 2 aromatic carbocycles. The summed E-state index contributed by atoms with van der Waals surface area (Å²) in [6.07, 6.45) is 6.01. The molecule has 1 atom stereocenters. The number of fused-ring (bicyclic) bond motifs is 1. The van der Waals surface area contributed by atoms with Crippen LogP contribution in [-0.4, -0.2) is 25.7 Å². The van der Waals surface area contributed by atoms with Crippen molar-refractivity contribution in [3.8, 4) is 0 Å². The van der Waals surface area contributed by atoms with Gasteiger partial charge in [-0.1, -0.05) is 61.5 Å². The Hall–Kier alpha value is -2.33. The largest absolute Gasteiger partial charge is 0.338 e. The van der Waals surface area contributed by atoms with Crippen LogP contribution in [0.3, 0.4) is 0 Å². The summed E-state index contributed by atoms with van der Waals surface area (Å²) in [7, 11) is 0. The van der Waals surface area contributed by atoms with Crippen LogP contribution in [0, 0.1) is 0 Å². The molecule has 4 nitrogen and oxygen atoms in total. The minimum absolute atomic E-state index is 0.0852. The van der Waals surface area contributed by atoms with Gasteiger partial charge in [-0.2, -0.15) is 0 Å². The summed E-state index contributed by atoms with van der Waals surface area (Å²) in [5.74, 6) is 0. The van der Waals surface area contributed by atoms with Gasteiger partial charge in [-0.05, 0) is 36.1 Å². The maximum atomic E-state index is 11.4. The maximum absolute atomic E-state index is 11.4. The third-order valence-electron chi connectivity index (χ3n) is 4.13. The molecule has 2 rings (SSSR count). The van der Waals surface area contributed by atoms with Gasteiger partial charge < -0.3 is 16.0 Å². The average Bonchev–Trinajstić information content (AvgIpc) is 2.64. The second-order valence-electron chi connectivity index (χ2n) is 6.14. The number of carbonyl (C=O) groups is 1. The lowest BCUT2D eigenvalue weighted by atomic mass is 10.00. The molecular weight excluding hydrogens is 310 g/mol. The molecule has 0 aliphatic carbocycles. The van der Waals surface area contributed by atoms with Crippen LogP contribution in [0.5, 0.6) is 0 Å². The van der Waals surface area contributed by atoms with Crippen molar-refractivity contribution in [1.29, 1.82) is 0 Å². The Morgan fingerprint density at radius 1 is 1.04 bits per heavy atom. The molecule has 0 aliphatic rings. The van der Waals surface area contributed by atoms with Gasteiger partial charge in [0.1, 0.15) is 0 Å². The summed E-state index contributed by atoms with van der Waals surface area (Å²) < 4.78 is 0. The Labute approximate surface area is 150 Å². The highest BCUT2D eigenvalue weighted by molar-refractivity contribution is 5.86. The number of urea groups is 1. The first-order valence-corrected chi connectivity index (χ1v) is 9.10. The van der Waals surface area contributed by atoms with Crippen LogP contribution in [0.4, 0.5) is 4.79 Å². The Balaban J connectivity index is 1.71. The van der Waals surface area contributed by atoms with E-state index in [4.69, 9.17) is 0 Å². The molecule has 0 fully saturated rings. The Kier molecular flexibility index (Phi) is 7.99. The molecule has 0 unspecified atom stereocenters. The van der Waals surface area contributed by atoms with Gasteiger partial charge in [0.2, 0.25) is 0 Å². The van der Waals surface area contributed by atoms with E-state index in [1.165, 1.54) is 16.3 Å². The number of benzene rings is 2. The third kappa shape index (κ3) is 6.24. The van der Waals surface area contributed by atoms with Crippen molar-refractivity contribution >= 4 is 16.8 Å². The smallest absolute Gasteiger partial charge is 0.314 e. The zero-order valence-corrected chi connectivity index (χ0v) is 15.2. The Bertz CT molecular complexity index is 691. The van der Waals surface area contributed by atoms with Gasteiger partial charge in [0.25, 0.3) is 0 Å². The van der Waals surface area contributed by atoms with E-state index in [9.17, 15) is 4.79 Å². The third-order valence-corrected chi connectivity index (χ3v) is 4.13. The zero-order valence-electron chi connectivity index (χ0n) is 15.2. The van der Waals surface area contributed by atoms with Crippen molar-refractivity contribution in [2.45, 2.75) is 32.7 Å². The molecule has 25 heavy (non-hydrogen) atoms. The fourth-order valence-corrected chi connectivity index (χ4v) is 2.75. The lowest BCUT2D eigenvalue weighted by molar-refractivity contribution is 0.241. The fourth-order valence-electron chi connectivity index (χ4n) is 2.75. The van der Waals surface area contributed by atoms with Crippen molar-refractivity contribution in [2.24, 2.45) is 0 Å². The maximum Gasteiger partial charge on any atom is 0.314 e. The summed E-state index contributed by atoms with van der Waals surface area (Å²) in [4.78, 5) is 11.4. The highest BCUT2D eigenvalue weighted by Crippen LogP contribution is 2.23. The van der Waals surface area contributed by atoms with Gasteiger partial charge in [0.15, 0.2) is 0 Å². The molecule has 0 saturated carbocycles. The summed E-state index contributed by atoms with van der Waals surface area (Å²) in [6.45, 7) is 6.42. The summed E-state index contributed by atoms with van der Waals surface area (Å²) in [5, 5.41) is 11.7. The van der Waals surface area contributed by atoms with Crippen LogP contribution in [0.25, 0.3) is 10.8 Å². The van der Waals surface area contributed by atoms with E-state index in [0.29, 0.717) is 6.54 Å². The van der Waals surface area contributed by atoms with Crippen LogP contribution < -0.4 is 16.0 Å². The molecule has 0 heterocycles. The van der Waals surface area contributed by atoms with Crippen LogP contribution in [0.15, 0.2) is 54.6 Å². The predicted octanol–water partition coefficient (Wildman–Crippen LogP) is 4.15. The number of rotatable bonds is 9. The van der Waals surface area contributed by atoms with Gasteiger partial charge in [-0.15, -0.1) is 0 Å². The Morgan fingerprint density at radius 3 is 2.64 bits per heavy atom. The van der Waals surface area contributed by atoms with E-state index in [0.717, 1.165) is 25.9 Å². The van der Waals surface area contributed by atoms with Crippen LogP contribution in [0.1, 0.15) is 38.3 Å². The number of amides is 2. The molecule has 2 aromatic rings. The van der Waals surface area contributed by atoms with E-state index >= 15 is 0 Å². The minimum Gasteiger partial charge on any atom is -0.338 e. The first-order valence-electron chi connectivity index (χ1n) is 9.10. The second-order valence-corrected chi connectivity index (χ2v) is 6.14. The van der Waals surface area contributed by atoms with Crippen molar-refractivity contribution in [3.63, 3.8) is 0 Å². The summed E-state index contributed by atoms with van der Waals surface area (Å²) in [6, 6.07) is 15.1. The fraction of sp³-hybridized carbons (Fsp3) is 0.381. The van der Waals surface area contributed by atoms with Gasteiger partial charge in [0, 0.05) is 25.7 Å². The van der Waals surface area contributed by atoms with Crippen molar-refractivity contribution < 1.29 is 4.79 Å². The van der Waals surface area contributed by atoms with Gasteiger partial charge in [0.05, 0.1) is 0 Å². The highest BCUT2D eigenvalue weighted by atomic mass is 16.2. The van der Waals surface area contributed by atoms with Crippen molar-refractivity contribution in [1.82, 2.24) is 16.0 Å². The van der Waals surface area contributed by atoms with E-state index in [-0.39, 0.29) is 12.1 Å². The molecule has 0 radical (unpaired) electrons. The molecule has 0 bridgehead atoms. The predicted molar refractivity (Wildman–Crippen MR) is 106 cm³/mol. The zero-order chi connectivity index (χ0) is 17.9. The molecule has 0 spiro atoms. The van der Waals surface area contributed by atoms with Crippen molar-refractivity contribution in [3.05, 3.63) is 60.2 Å². The Morgan fingerprint density at radius 2 is 1.80 bits per heavy atom. The SMILES string of the molecule is CCCNC(=O)NCC/C=C/CN[C@H](C)c1cccc2ccccc12. The van der Waals surface area contributed by atoms with E-state index in [1.807, 2.05) is 6.92 Å². The first-order chi connectivity index (χ1) is 12.2. The monoisotopic (exact) mass is 339 g/mol. The van der Waals surface area contributed by atoms with E-state index in [2.05, 4.69) is 77.5 Å². The molecule has 4 heteroatoms. The van der Waals surface area contributed by atoms with Crippen LogP contribution >= 0.6 is 0 Å². The summed E-state index contributed by atoms with van der Waals surface area (Å²) >= 11 is 0. The van der Waals surface area contributed by atoms with E-state index in [1.54, 1.807) is 0 Å². The number of nitrogens with one attached hydrogen (secondary N) is 3. The molecule has 0 aliphatic heterocycles. The molecule has 2 amide bonds. The number of carbonyl (C=O) groups excluding carboxylic acids is 1. The second kappa shape index (κ2) is 10.5. The van der Waals surface area contributed by atoms with Crippen molar-refractivity contribution in [2.75, 3.05) is 19.6 Å². The van der Waals surface area contributed by atoms with Gasteiger partial charge in [-0.25, -0.2) is 4.79 Å². The minimum atomic E-state index is -0.0852. The van der Waals surface area contributed by atoms with Crippen LogP contribution in [0.2, 0.25) is 0 Å². The highest BCUT2D eigenvalue weighted by Gasteiger charge is 2.07. The number of hydrogen-bond acceptors (Lipinski definition) is 2. The lowest BCUT2D eigenvalue weighted by Crippen LogP contribution is -2.36. The first kappa shape index (κ1) is 19.0. The standard InChI is InChI=1S/C21H29N3O/c1-3-14-23-21(25)24-16-8-4-7-15-22-17(2)19-13-9-11-18-10-5-6-12-20(18)19/h4-7,9-13,17,22H,3,8,14-16H2,1-2H3,(H2,23,24,25)/b7-4+/t17-/m1/s1. The lowest BCUT2D eigenvalue weighted by Gasteiger charge is -2.15. The van der Waals surface area contributed by atoms with E-state index < -0.39 is 0 Å². The normalized spacial score (nSPS) is 12.4. The molecule has 3 N–H and O–H groups in total.